The number of carbonyl (C=O) groups excluding carboxylic acids is 1. The lowest BCUT2D eigenvalue weighted by Gasteiger charge is -2.07. The number of benzene rings is 1. The maximum absolute atomic E-state index is 11.1. The van der Waals surface area contributed by atoms with Crippen LogP contribution >= 0.6 is 0 Å². The second-order valence-electron chi connectivity index (χ2n) is 4.84. The molecule has 2 heterocycles. The molecule has 4 heteroatoms. The molecular weight excluding hydrogens is 264 g/mol. The summed E-state index contributed by atoms with van der Waals surface area (Å²) < 4.78 is 4.91. The molecule has 0 bridgehead atoms. The number of carbonyl (C=O) groups is 1. The van der Waals surface area contributed by atoms with Gasteiger partial charge in [0.05, 0.1) is 6.04 Å². The Kier molecular flexibility index (Phi) is 3.57. The van der Waals surface area contributed by atoms with E-state index in [0.29, 0.717) is 6.61 Å². The molecule has 1 aromatic heterocycles. The van der Waals surface area contributed by atoms with Crippen LogP contribution in [0.25, 0.3) is 0 Å². The third-order valence-electron chi connectivity index (χ3n) is 3.19. The summed E-state index contributed by atoms with van der Waals surface area (Å²) in [6.07, 6.45) is -0.375. The molecule has 0 spiro atoms. The lowest BCUT2D eigenvalue weighted by molar-refractivity contribution is 0.177. The van der Waals surface area contributed by atoms with Gasteiger partial charge in [0.25, 0.3) is 0 Å². The second kappa shape index (κ2) is 5.68. The van der Waals surface area contributed by atoms with Crippen LogP contribution < -0.4 is 5.32 Å². The zero-order chi connectivity index (χ0) is 14.7. The smallest absolute Gasteiger partial charge is 0.407 e. The Morgan fingerprint density at radius 2 is 2.10 bits per heavy atom. The van der Waals surface area contributed by atoms with Crippen LogP contribution in [0.2, 0.25) is 0 Å². The Labute approximate surface area is 123 Å². The van der Waals surface area contributed by atoms with Crippen molar-refractivity contribution in [1.29, 1.82) is 0 Å². The monoisotopic (exact) mass is 278 g/mol. The van der Waals surface area contributed by atoms with Crippen molar-refractivity contribution in [3.63, 3.8) is 0 Å². The molecular formula is C17H14N2O2. The first-order chi connectivity index (χ1) is 10.2. The zero-order valence-electron chi connectivity index (χ0n) is 11.6. The van der Waals surface area contributed by atoms with Crippen LogP contribution in [0, 0.1) is 18.8 Å². The molecule has 1 N–H and O–H groups in total. The summed E-state index contributed by atoms with van der Waals surface area (Å²) in [5.74, 6) is 6.15. The van der Waals surface area contributed by atoms with Crippen LogP contribution in [0.4, 0.5) is 4.79 Å². The van der Waals surface area contributed by atoms with Gasteiger partial charge in [-0.05, 0) is 42.7 Å². The zero-order valence-corrected chi connectivity index (χ0v) is 11.6. The number of amides is 1. The highest BCUT2D eigenvalue weighted by molar-refractivity contribution is 5.70. The molecule has 2 aromatic rings. The van der Waals surface area contributed by atoms with E-state index in [1.165, 1.54) is 0 Å². The molecule has 1 fully saturated rings. The van der Waals surface area contributed by atoms with Gasteiger partial charge < -0.3 is 10.1 Å². The summed E-state index contributed by atoms with van der Waals surface area (Å²) in [5, 5.41) is 2.76. The molecule has 1 aliphatic heterocycles. The third-order valence-corrected chi connectivity index (χ3v) is 3.19. The minimum atomic E-state index is -0.375. The Morgan fingerprint density at radius 3 is 2.86 bits per heavy atom. The van der Waals surface area contributed by atoms with E-state index in [1.807, 2.05) is 49.4 Å². The first kappa shape index (κ1) is 13.2. The van der Waals surface area contributed by atoms with Crippen LogP contribution in [-0.2, 0) is 4.74 Å². The van der Waals surface area contributed by atoms with Crippen LogP contribution in [0.15, 0.2) is 42.5 Å². The van der Waals surface area contributed by atoms with Crippen LogP contribution in [0.1, 0.15) is 28.6 Å². The number of pyridine rings is 1. The van der Waals surface area contributed by atoms with E-state index >= 15 is 0 Å². The third kappa shape index (κ3) is 3.21. The molecule has 1 atom stereocenters. The largest absolute Gasteiger partial charge is 0.447 e. The maximum Gasteiger partial charge on any atom is 0.407 e. The summed E-state index contributed by atoms with van der Waals surface area (Å²) in [7, 11) is 0. The van der Waals surface area contributed by atoms with Crippen molar-refractivity contribution < 1.29 is 9.53 Å². The van der Waals surface area contributed by atoms with Gasteiger partial charge in [0.1, 0.15) is 12.3 Å². The number of nitrogens with one attached hydrogen (secondary N) is 1. The van der Waals surface area contributed by atoms with Crippen molar-refractivity contribution in [3.8, 4) is 11.8 Å². The van der Waals surface area contributed by atoms with Crippen molar-refractivity contribution in [1.82, 2.24) is 10.3 Å². The van der Waals surface area contributed by atoms with Crippen LogP contribution in [0.5, 0.6) is 0 Å². The predicted molar refractivity (Wildman–Crippen MR) is 78.6 cm³/mol. The average molecular weight is 278 g/mol. The first-order valence-corrected chi connectivity index (χ1v) is 6.70. The Bertz CT molecular complexity index is 744. The average Bonchev–Trinajstić information content (AvgIpc) is 2.92. The number of alkyl carbamates (subject to hydrolysis) is 1. The fourth-order valence-corrected chi connectivity index (χ4v) is 2.15. The number of hydrogen-bond donors (Lipinski definition) is 1. The predicted octanol–water partition coefficient (Wildman–Crippen LogP) is 2.57. The Hall–Kier alpha value is -2.80. The molecule has 1 aromatic carbocycles. The summed E-state index contributed by atoms with van der Waals surface area (Å²) >= 11 is 0. The van der Waals surface area contributed by atoms with Gasteiger partial charge in [0, 0.05) is 11.3 Å². The highest BCUT2D eigenvalue weighted by Gasteiger charge is 2.23. The maximum atomic E-state index is 11.1. The lowest BCUT2D eigenvalue weighted by atomic mass is 10.1. The molecule has 0 radical (unpaired) electrons. The van der Waals surface area contributed by atoms with Gasteiger partial charge in [-0.3, -0.25) is 0 Å². The van der Waals surface area contributed by atoms with E-state index in [1.54, 1.807) is 0 Å². The highest BCUT2D eigenvalue weighted by atomic mass is 16.6. The van der Waals surface area contributed by atoms with Crippen molar-refractivity contribution in [2.24, 2.45) is 0 Å². The summed E-state index contributed by atoms with van der Waals surface area (Å²) in [5.41, 5.74) is 3.57. The number of nitrogens with zero attached hydrogens (tertiary/aromatic N) is 1. The van der Waals surface area contributed by atoms with Crippen molar-refractivity contribution in [2.45, 2.75) is 13.0 Å². The molecule has 21 heavy (non-hydrogen) atoms. The first-order valence-electron chi connectivity index (χ1n) is 6.70. The van der Waals surface area contributed by atoms with Gasteiger partial charge in [-0.15, -0.1) is 0 Å². The van der Waals surface area contributed by atoms with E-state index in [2.05, 4.69) is 22.1 Å². The topological polar surface area (TPSA) is 51.2 Å². The van der Waals surface area contributed by atoms with Crippen molar-refractivity contribution in [2.75, 3.05) is 6.61 Å². The Morgan fingerprint density at radius 1 is 1.24 bits per heavy atom. The number of aryl methyl sites for hydroxylation is 1. The summed E-state index contributed by atoms with van der Waals surface area (Å²) in [6, 6.07) is 13.4. The van der Waals surface area contributed by atoms with Gasteiger partial charge >= 0.3 is 6.09 Å². The standard InChI is InChI=1S/C17H14N2O2/c1-12-4-2-7-15(18-12)9-8-13-5-3-6-14(10-13)16-11-21-17(20)19-16/h2-7,10,16H,11H2,1H3,(H,19,20)/t16-/m0/s1. The molecule has 0 unspecified atom stereocenters. The molecule has 1 aliphatic rings. The second-order valence-corrected chi connectivity index (χ2v) is 4.84. The molecule has 4 nitrogen and oxygen atoms in total. The molecule has 104 valence electrons. The number of aromatic nitrogens is 1. The lowest BCUT2D eigenvalue weighted by Crippen LogP contribution is -2.18. The SMILES string of the molecule is Cc1cccc(C#Cc2cccc([C@@H]3COC(=O)N3)c2)n1. The number of ether oxygens (including phenoxy) is 1. The number of cyclic esters (lactones) is 1. The number of rotatable bonds is 1. The van der Waals surface area contributed by atoms with Crippen LogP contribution in [-0.4, -0.2) is 17.7 Å². The molecule has 1 amide bonds. The molecule has 0 aliphatic carbocycles. The van der Waals surface area contributed by atoms with Gasteiger partial charge in [-0.1, -0.05) is 24.1 Å². The number of hydrogen-bond acceptors (Lipinski definition) is 3. The quantitative estimate of drug-likeness (QED) is 0.816. The van der Waals surface area contributed by atoms with Gasteiger partial charge in [0.2, 0.25) is 0 Å². The van der Waals surface area contributed by atoms with E-state index in [0.717, 1.165) is 22.5 Å². The van der Waals surface area contributed by atoms with Crippen LogP contribution in [0.3, 0.4) is 0 Å². The fraction of sp³-hybridized carbons (Fsp3) is 0.176. The molecule has 0 saturated carbocycles. The molecule has 3 rings (SSSR count). The van der Waals surface area contributed by atoms with Crippen molar-refractivity contribution in [3.05, 3.63) is 65.0 Å². The van der Waals surface area contributed by atoms with E-state index < -0.39 is 0 Å². The van der Waals surface area contributed by atoms with E-state index in [9.17, 15) is 4.79 Å². The minimum Gasteiger partial charge on any atom is -0.447 e. The fourth-order valence-electron chi connectivity index (χ4n) is 2.15. The van der Waals surface area contributed by atoms with E-state index in [-0.39, 0.29) is 12.1 Å². The van der Waals surface area contributed by atoms with Crippen molar-refractivity contribution >= 4 is 6.09 Å². The summed E-state index contributed by atoms with van der Waals surface area (Å²) in [6.45, 7) is 2.30. The normalized spacial score (nSPS) is 16.6. The summed E-state index contributed by atoms with van der Waals surface area (Å²) in [4.78, 5) is 15.4. The highest BCUT2D eigenvalue weighted by Crippen LogP contribution is 2.18. The van der Waals surface area contributed by atoms with E-state index in [4.69, 9.17) is 4.74 Å². The Balaban J connectivity index is 1.82. The van der Waals surface area contributed by atoms with Gasteiger partial charge in [-0.2, -0.15) is 0 Å². The van der Waals surface area contributed by atoms with Gasteiger partial charge in [-0.25, -0.2) is 9.78 Å². The minimum absolute atomic E-state index is 0.101. The molecule has 1 saturated heterocycles. The van der Waals surface area contributed by atoms with Gasteiger partial charge in [0.15, 0.2) is 0 Å².